The summed E-state index contributed by atoms with van der Waals surface area (Å²) in [5.41, 5.74) is 2.47. The number of likely N-dealkylation sites (N-methyl/N-ethyl adjacent to an activating group) is 1. The van der Waals surface area contributed by atoms with Crippen molar-refractivity contribution in [3.63, 3.8) is 0 Å². The third-order valence-electron chi connectivity index (χ3n) is 4.40. The molecule has 0 bridgehead atoms. The van der Waals surface area contributed by atoms with Gasteiger partial charge in [-0.15, -0.1) is 11.3 Å². The third kappa shape index (κ3) is 3.30. The third-order valence-corrected chi connectivity index (χ3v) is 5.67. The number of hydrogen-bond acceptors (Lipinski definition) is 4. The Morgan fingerprint density at radius 2 is 1.95 bits per heavy atom. The number of hydrogen-bond donors (Lipinski definition) is 1. The van der Waals surface area contributed by atoms with Crippen LogP contribution in [0.15, 0.2) is 0 Å². The fraction of sp³-hybridized carbons (Fsp3) is 0.688. The zero-order chi connectivity index (χ0) is 15.7. The van der Waals surface area contributed by atoms with E-state index < -0.39 is 0 Å². The number of aliphatic hydroxyl groups excluding tert-OH is 1. The number of likely N-dealkylation sites (tertiary alicyclic amines) is 1. The van der Waals surface area contributed by atoms with Crippen molar-refractivity contribution >= 4 is 16.2 Å². The summed E-state index contributed by atoms with van der Waals surface area (Å²) in [4.78, 5) is 9.33. The number of imidazole rings is 1. The van der Waals surface area contributed by atoms with Gasteiger partial charge in [0.05, 0.1) is 11.8 Å². The van der Waals surface area contributed by atoms with Crippen LogP contribution in [-0.2, 0) is 0 Å². The van der Waals surface area contributed by atoms with Crippen LogP contribution in [0.5, 0.6) is 0 Å². The van der Waals surface area contributed by atoms with E-state index in [1.54, 1.807) is 0 Å². The predicted molar refractivity (Wildman–Crippen MR) is 89.3 cm³/mol. The Balaban J connectivity index is 0.000000161. The van der Waals surface area contributed by atoms with E-state index in [2.05, 4.69) is 56.0 Å². The van der Waals surface area contributed by atoms with Crippen LogP contribution < -0.4 is 0 Å². The standard InChI is InChI=1S/C9H12N2S.C7H15NO/c1-5-9-11(8(4)10-5)6(2)7(3)12-9;1-3-6-4-7(9)5-8(6)2/h1-4H3;6-7,9H,3-5H2,1-2H3. The summed E-state index contributed by atoms with van der Waals surface area (Å²) in [6, 6.07) is 0.625. The molecule has 4 nitrogen and oxygen atoms in total. The Morgan fingerprint density at radius 1 is 1.29 bits per heavy atom. The zero-order valence-electron chi connectivity index (χ0n) is 14.0. The molecule has 1 fully saturated rings. The lowest BCUT2D eigenvalue weighted by Gasteiger charge is -2.15. The molecule has 1 aliphatic heterocycles. The lowest BCUT2D eigenvalue weighted by molar-refractivity contribution is 0.182. The summed E-state index contributed by atoms with van der Waals surface area (Å²) in [6.07, 6.45) is 2.06. The molecule has 2 aromatic heterocycles. The summed E-state index contributed by atoms with van der Waals surface area (Å²) < 4.78 is 2.23. The van der Waals surface area contributed by atoms with Gasteiger partial charge in [0.1, 0.15) is 10.7 Å². The van der Waals surface area contributed by atoms with Gasteiger partial charge in [-0.25, -0.2) is 4.98 Å². The van der Waals surface area contributed by atoms with Gasteiger partial charge in [-0.3, -0.25) is 4.40 Å². The highest BCUT2D eigenvalue weighted by Crippen LogP contribution is 2.25. The second-order valence-electron chi connectivity index (χ2n) is 6.02. The summed E-state index contributed by atoms with van der Waals surface area (Å²) in [5.74, 6) is 1.10. The van der Waals surface area contributed by atoms with Gasteiger partial charge in [-0.2, -0.15) is 0 Å². The minimum atomic E-state index is -0.0695. The first-order chi connectivity index (χ1) is 9.85. The van der Waals surface area contributed by atoms with Crippen molar-refractivity contribution in [2.45, 2.75) is 59.6 Å². The molecule has 2 atom stereocenters. The first kappa shape index (κ1) is 16.5. The second-order valence-corrected chi connectivity index (χ2v) is 7.22. The lowest BCUT2D eigenvalue weighted by atomic mass is 10.1. The van der Waals surface area contributed by atoms with Gasteiger partial charge in [0.15, 0.2) is 0 Å². The average molecular weight is 309 g/mol. The Morgan fingerprint density at radius 3 is 2.38 bits per heavy atom. The fourth-order valence-corrected chi connectivity index (χ4v) is 4.15. The monoisotopic (exact) mass is 309 g/mol. The number of β-amino-alcohol motifs (C(OH)–C–C–N with tert-alkyl or cyclic N) is 1. The van der Waals surface area contributed by atoms with Gasteiger partial charge in [0.2, 0.25) is 0 Å². The molecule has 2 unspecified atom stereocenters. The van der Waals surface area contributed by atoms with Crippen molar-refractivity contribution in [2.24, 2.45) is 0 Å². The van der Waals surface area contributed by atoms with E-state index in [9.17, 15) is 0 Å². The molecule has 0 saturated carbocycles. The van der Waals surface area contributed by atoms with Gasteiger partial charge in [0, 0.05) is 23.2 Å². The molecule has 3 rings (SSSR count). The molecule has 0 spiro atoms. The van der Waals surface area contributed by atoms with Crippen LogP contribution in [0.1, 0.15) is 41.9 Å². The Bertz CT molecular complexity index is 617. The molecule has 0 amide bonds. The molecule has 1 aliphatic rings. The molecular formula is C16H27N3OS. The number of aromatic nitrogens is 2. The predicted octanol–water partition coefficient (Wildman–Crippen LogP) is 3.09. The molecule has 1 N–H and O–H groups in total. The number of rotatable bonds is 1. The van der Waals surface area contributed by atoms with Crippen molar-refractivity contribution < 1.29 is 5.11 Å². The minimum Gasteiger partial charge on any atom is -0.392 e. The summed E-state index contributed by atoms with van der Waals surface area (Å²) in [6.45, 7) is 11.5. The van der Waals surface area contributed by atoms with Crippen molar-refractivity contribution in [2.75, 3.05) is 13.6 Å². The molecular weight excluding hydrogens is 282 g/mol. The Labute approximate surface area is 131 Å². The van der Waals surface area contributed by atoms with E-state index in [0.29, 0.717) is 6.04 Å². The van der Waals surface area contributed by atoms with Crippen LogP contribution in [0.25, 0.3) is 4.83 Å². The van der Waals surface area contributed by atoms with E-state index in [1.807, 2.05) is 11.3 Å². The molecule has 2 aromatic rings. The van der Waals surface area contributed by atoms with E-state index in [4.69, 9.17) is 5.11 Å². The number of aliphatic hydroxyl groups is 1. The van der Waals surface area contributed by atoms with E-state index in [1.165, 1.54) is 15.4 Å². The smallest absolute Gasteiger partial charge is 0.123 e. The fourth-order valence-electron chi connectivity index (χ4n) is 3.07. The van der Waals surface area contributed by atoms with Gasteiger partial charge < -0.3 is 10.0 Å². The average Bonchev–Trinajstić information content (AvgIpc) is 2.99. The van der Waals surface area contributed by atoms with Crippen LogP contribution in [0.2, 0.25) is 0 Å². The summed E-state index contributed by atoms with van der Waals surface area (Å²) >= 11 is 1.83. The molecule has 0 aromatic carbocycles. The quantitative estimate of drug-likeness (QED) is 0.880. The number of nitrogens with zero attached hydrogens (tertiary/aromatic N) is 3. The molecule has 21 heavy (non-hydrogen) atoms. The second kappa shape index (κ2) is 6.46. The van der Waals surface area contributed by atoms with E-state index in [0.717, 1.165) is 30.9 Å². The van der Waals surface area contributed by atoms with Gasteiger partial charge in [-0.1, -0.05) is 6.92 Å². The van der Waals surface area contributed by atoms with Crippen LogP contribution in [0.4, 0.5) is 0 Å². The first-order valence-electron chi connectivity index (χ1n) is 7.65. The topological polar surface area (TPSA) is 40.8 Å². The number of aryl methyl sites for hydroxylation is 4. The number of thiazole rings is 1. The molecule has 118 valence electrons. The first-order valence-corrected chi connectivity index (χ1v) is 8.46. The number of fused-ring (bicyclic) bond motifs is 1. The van der Waals surface area contributed by atoms with Crippen molar-refractivity contribution in [1.29, 1.82) is 0 Å². The van der Waals surface area contributed by atoms with Crippen molar-refractivity contribution in [3.05, 3.63) is 22.1 Å². The largest absolute Gasteiger partial charge is 0.392 e. The van der Waals surface area contributed by atoms with Crippen LogP contribution in [0.3, 0.4) is 0 Å². The van der Waals surface area contributed by atoms with Gasteiger partial charge >= 0.3 is 0 Å². The Hall–Kier alpha value is -0.910. The molecule has 1 saturated heterocycles. The maximum atomic E-state index is 9.16. The maximum absolute atomic E-state index is 9.16. The van der Waals surface area contributed by atoms with Crippen LogP contribution in [-0.4, -0.2) is 45.1 Å². The highest BCUT2D eigenvalue weighted by Gasteiger charge is 2.25. The lowest BCUT2D eigenvalue weighted by Crippen LogP contribution is -2.24. The highest BCUT2D eigenvalue weighted by atomic mass is 32.1. The molecule has 0 aliphatic carbocycles. The van der Waals surface area contributed by atoms with E-state index in [-0.39, 0.29) is 6.10 Å². The van der Waals surface area contributed by atoms with Crippen molar-refractivity contribution in [3.8, 4) is 0 Å². The molecule has 5 heteroatoms. The molecule has 3 heterocycles. The maximum Gasteiger partial charge on any atom is 0.123 e. The Kier molecular flexibility index (Phi) is 5.07. The van der Waals surface area contributed by atoms with Crippen molar-refractivity contribution in [1.82, 2.24) is 14.3 Å². The van der Waals surface area contributed by atoms with E-state index >= 15 is 0 Å². The highest BCUT2D eigenvalue weighted by molar-refractivity contribution is 7.17. The van der Waals surface area contributed by atoms with Gasteiger partial charge in [0.25, 0.3) is 0 Å². The minimum absolute atomic E-state index is 0.0695. The van der Waals surface area contributed by atoms with Gasteiger partial charge in [-0.05, 0) is 47.6 Å². The normalized spacial score (nSPS) is 22.6. The molecule has 0 radical (unpaired) electrons. The van der Waals surface area contributed by atoms with Crippen LogP contribution in [0, 0.1) is 27.7 Å². The van der Waals surface area contributed by atoms with Crippen LogP contribution >= 0.6 is 11.3 Å². The summed E-state index contributed by atoms with van der Waals surface area (Å²) in [5, 5.41) is 9.16. The SMILES string of the molecule is CCC1CC(O)CN1C.Cc1sc2c(C)nc(C)n2c1C. The summed E-state index contributed by atoms with van der Waals surface area (Å²) in [7, 11) is 2.07. The zero-order valence-corrected chi connectivity index (χ0v) is 14.8.